The topological polar surface area (TPSA) is 113 Å². The maximum Gasteiger partial charge on any atom is 0.305 e. The minimum absolute atomic E-state index is 0.347. The number of carboxylic acids is 1. The van der Waals surface area contributed by atoms with Crippen LogP contribution < -0.4 is 11.1 Å². The van der Waals surface area contributed by atoms with Crippen LogP contribution in [0.5, 0.6) is 0 Å². The first kappa shape index (κ1) is 10.9. The van der Waals surface area contributed by atoms with Gasteiger partial charge >= 0.3 is 5.97 Å². The van der Waals surface area contributed by atoms with Crippen LogP contribution in [0.4, 0.5) is 0 Å². The van der Waals surface area contributed by atoms with E-state index in [0.717, 1.165) is 0 Å². The molecule has 0 aromatic rings. The zero-order valence-corrected chi connectivity index (χ0v) is 8.55. The van der Waals surface area contributed by atoms with Gasteiger partial charge in [0.15, 0.2) is 0 Å². The van der Waals surface area contributed by atoms with Gasteiger partial charge in [0.2, 0.25) is 11.8 Å². The Morgan fingerprint density at radius 1 is 1.56 bits per heavy atom. The van der Waals surface area contributed by atoms with Gasteiger partial charge in [-0.1, -0.05) is 0 Å². The lowest BCUT2D eigenvalue weighted by atomic mass is 10.0. The Morgan fingerprint density at radius 2 is 2.25 bits per heavy atom. The summed E-state index contributed by atoms with van der Waals surface area (Å²) in [6, 6.07) is -1.93. The molecular formula is C9H13N3O4. The summed E-state index contributed by atoms with van der Waals surface area (Å²) in [5.74, 6) is -1.81. The third-order valence-electron chi connectivity index (χ3n) is 2.99. The molecule has 7 nitrogen and oxygen atoms in total. The van der Waals surface area contributed by atoms with Crippen LogP contribution in [0, 0.1) is 0 Å². The quantitative estimate of drug-likeness (QED) is 0.499. The van der Waals surface area contributed by atoms with E-state index in [1.54, 1.807) is 0 Å². The van der Waals surface area contributed by atoms with E-state index in [2.05, 4.69) is 5.32 Å². The van der Waals surface area contributed by atoms with E-state index < -0.39 is 18.1 Å². The molecule has 2 saturated heterocycles. The number of piperazine rings is 1. The number of nitrogens with two attached hydrogens (primary N) is 1. The van der Waals surface area contributed by atoms with Crippen molar-refractivity contribution in [2.75, 3.05) is 6.54 Å². The highest BCUT2D eigenvalue weighted by atomic mass is 16.4. The van der Waals surface area contributed by atoms with E-state index in [9.17, 15) is 14.4 Å². The number of rotatable bonds is 2. The van der Waals surface area contributed by atoms with E-state index in [1.165, 1.54) is 4.90 Å². The lowest BCUT2D eigenvalue weighted by molar-refractivity contribution is -0.150. The molecule has 2 amide bonds. The van der Waals surface area contributed by atoms with E-state index >= 15 is 0 Å². The van der Waals surface area contributed by atoms with Crippen LogP contribution in [0.25, 0.3) is 0 Å². The Labute approximate surface area is 91.6 Å². The second-order valence-corrected chi connectivity index (χ2v) is 4.09. The Kier molecular flexibility index (Phi) is 2.55. The first-order valence-electron chi connectivity index (χ1n) is 5.09. The molecule has 2 aliphatic heterocycles. The van der Waals surface area contributed by atoms with Crippen LogP contribution >= 0.6 is 0 Å². The molecule has 7 heteroatoms. The van der Waals surface area contributed by atoms with Crippen LogP contribution in [-0.4, -0.2) is 52.5 Å². The van der Waals surface area contributed by atoms with Gasteiger partial charge in [-0.05, 0) is 6.42 Å². The van der Waals surface area contributed by atoms with Crippen molar-refractivity contribution in [1.82, 2.24) is 10.2 Å². The predicted octanol–water partition coefficient (Wildman–Crippen LogP) is -2.11. The Bertz CT molecular complexity index is 357. The molecule has 0 spiro atoms. The summed E-state index contributed by atoms with van der Waals surface area (Å²) in [4.78, 5) is 35.4. The molecule has 0 aromatic carbocycles. The molecule has 16 heavy (non-hydrogen) atoms. The van der Waals surface area contributed by atoms with E-state index in [1.807, 2.05) is 0 Å². The van der Waals surface area contributed by atoms with Gasteiger partial charge in [-0.15, -0.1) is 0 Å². The number of carbonyl (C=O) groups excluding carboxylic acids is 2. The highest BCUT2D eigenvalue weighted by Crippen LogP contribution is 2.22. The molecule has 2 rings (SSSR count). The highest BCUT2D eigenvalue weighted by Gasteiger charge is 2.47. The summed E-state index contributed by atoms with van der Waals surface area (Å²) < 4.78 is 0. The fraction of sp³-hybridized carbons (Fsp3) is 0.667. The van der Waals surface area contributed by atoms with E-state index in [0.29, 0.717) is 13.0 Å². The van der Waals surface area contributed by atoms with Gasteiger partial charge in [0, 0.05) is 12.6 Å². The molecule has 0 aliphatic carbocycles. The third-order valence-corrected chi connectivity index (χ3v) is 2.99. The average molecular weight is 227 g/mol. The summed E-state index contributed by atoms with van der Waals surface area (Å²) in [6.07, 6.45) is 0.187. The smallest absolute Gasteiger partial charge is 0.305 e. The number of hydrogen-bond acceptors (Lipinski definition) is 4. The number of nitrogens with zero attached hydrogens (tertiary/aromatic N) is 1. The average Bonchev–Trinajstić information content (AvgIpc) is 2.56. The summed E-state index contributed by atoms with van der Waals surface area (Å²) in [6.45, 7) is 0.425. The molecule has 3 atom stereocenters. The highest BCUT2D eigenvalue weighted by molar-refractivity contribution is 5.99. The molecule has 2 aliphatic rings. The van der Waals surface area contributed by atoms with E-state index in [4.69, 9.17) is 10.8 Å². The summed E-state index contributed by atoms with van der Waals surface area (Å²) in [5.41, 5.74) is 5.72. The first-order chi connectivity index (χ1) is 7.50. The SMILES string of the molecule is N[C@@H]1CCN2C(=O)[C@H](CC(=O)O)NC(=O)C12. The van der Waals surface area contributed by atoms with E-state index in [-0.39, 0.29) is 24.3 Å². The van der Waals surface area contributed by atoms with Crippen molar-refractivity contribution in [3.63, 3.8) is 0 Å². The normalized spacial score (nSPS) is 33.6. The van der Waals surface area contributed by atoms with Crippen molar-refractivity contribution in [2.24, 2.45) is 5.73 Å². The van der Waals surface area contributed by atoms with Crippen molar-refractivity contribution < 1.29 is 19.5 Å². The second-order valence-electron chi connectivity index (χ2n) is 4.09. The number of fused-ring (bicyclic) bond motifs is 1. The zero-order chi connectivity index (χ0) is 11.9. The monoisotopic (exact) mass is 227 g/mol. The van der Waals surface area contributed by atoms with Crippen LogP contribution in [0.15, 0.2) is 0 Å². The largest absolute Gasteiger partial charge is 0.481 e. The standard InChI is InChI=1S/C9H13N3O4/c10-4-1-2-12-7(4)8(15)11-5(9(12)16)3-6(13)14/h4-5,7H,1-3,10H2,(H,11,15)(H,13,14)/t4-,5+,7?/m1/s1. The molecular weight excluding hydrogens is 214 g/mol. The lowest BCUT2D eigenvalue weighted by Gasteiger charge is -2.35. The van der Waals surface area contributed by atoms with Crippen LogP contribution in [0.3, 0.4) is 0 Å². The number of aliphatic carboxylic acids is 1. The fourth-order valence-corrected chi connectivity index (χ4v) is 2.23. The molecule has 0 aromatic heterocycles. The third kappa shape index (κ3) is 1.63. The van der Waals surface area contributed by atoms with Crippen molar-refractivity contribution in [2.45, 2.75) is 31.0 Å². The minimum atomic E-state index is -1.11. The minimum Gasteiger partial charge on any atom is -0.481 e. The second kappa shape index (κ2) is 3.75. The number of hydrogen-bond donors (Lipinski definition) is 3. The van der Waals surface area contributed by atoms with Gasteiger partial charge in [-0.3, -0.25) is 14.4 Å². The number of nitrogens with one attached hydrogen (secondary N) is 1. The summed E-state index contributed by atoms with van der Waals surface area (Å²) in [5, 5.41) is 11.0. The Balaban J connectivity index is 2.16. The maximum absolute atomic E-state index is 11.8. The van der Waals surface area contributed by atoms with Gasteiger partial charge in [-0.25, -0.2) is 0 Å². The molecule has 0 bridgehead atoms. The lowest BCUT2D eigenvalue weighted by Crippen LogP contribution is -2.64. The summed E-state index contributed by atoms with van der Waals surface area (Å²) >= 11 is 0. The molecule has 2 heterocycles. The zero-order valence-electron chi connectivity index (χ0n) is 8.55. The number of carboxylic acid groups (broad SMARTS) is 1. The fourth-order valence-electron chi connectivity index (χ4n) is 2.23. The Morgan fingerprint density at radius 3 is 2.88 bits per heavy atom. The van der Waals surface area contributed by atoms with Crippen LogP contribution in [0.1, 0.15) is 12.8 Å². The molecule has 0 saturated carbocycles. The predicted molar refractivity (Wildman–Crippen MR) is 52.3 cm³/mol. The van der Waals surface area contributed by atoms with Crippen molar-refractivity contribution in [3.05, 3.63) is 0 Å². The number of amides is 2. The summed E-state index contributed by atoms with van der Waals surface area (Å²) in [7, 11) is 0. The molecule has 2 fully saturated rings. The van der Waals surface area contributed by atoms with Crippen LogP contribution in [0.2, 0.25) is 0 Å². The van der Waals surface area contributed by atoms with Crippen molar-refractivity contribution in [3.8, 4) is 0 Å². The van der Waals surface area contributed by atoms with Gasteiger partial charge < -0.3 is 21.1 Å². The van der Waals surface area contributed by atoms with Gasteiger partial charge in [0.05, 0.1) is 6.42 Å². The van der Waals surface area contributed by atoms with Crippen molar-refractivity contribution in [1.29, 1.82) is 0 Å². The molecule has 88 valence electrons. The molecule has 1 unspecified atom stereocenters. The molecule has 0 radical (unpaired) electrons. The molecule has 4 N–H and O–H groups in total. The maximum atomic E-state index is 11.8. The van der Waals surface area contributed by atoms with Crippen molar-refractivity contribution >= 4 is 17.8 Å². The van der Waals surface area contributed by atoms with Gasteiger partial charge in [0.25, 0.3) is 0 Å². The number of carbonyl (C=O) groups is 3. The van der Waals surface area contributed by atoms with Gasteiger partial charge in [-0.2, -0.15) is 0 Å². The first-order valence-corrected chi connectivity index (χ1v) is 5.09. The van der Waals surface area contributed by atoms with Crippen LogP contribution in [-0.2, 0) is 14.4 Å². The Hall–Kier alpha value is -1.63. The van der Waals surface area contributed by atoms with Gasteiger partial charge in [0.1, 0.15) is 12.1 Å².